The second kappa shape index (κ2) is 12.2. The van der Waals surface area contributed by atoms with Crippen LogP contribution < -0.4 is 9.64 Å². The molecule has 58 heavy (non-hydrogen) atoms. The van der Waals surface area contributed by atoms with Gasteiger partial charge in [0.1, 0.15) is 11.5 Å². The van der Waals surface area contributed by atoms with Crippen LogP contribution >= 0.6 is 0 Å². The minimum absolute atomic E-state index is 0.0860. The number of hydrogen-bond donors (Lipinski definition) is 0. The highest BCUT2D eigenvalue weighted by Crippen LogP contribution is 2.63. The molecule has 2 aliphatic carbocycles. The number of fused-ring (bicyclic) bond motifs is 14. The van der Waals surface area contributed by atoms with Crippen LogP contribution in [0.3, 0.4) is 0 Å². The topological polar surface area (TPSA) is 12.5 Å². The molecule has 0 amide bonds. The fraction of sp³-hybridized carbons (Fsp3) is 0.0714. The highest BCUT2D eigenvalue weighted by atomic mass is 16.5. The lowest BCUT2D eigenvalue weighted by Gasteiger charge is -2.40. The molecular weight excluding hydrogens is 703 g/mol. The van der Waals surface area contributed by atoms with Gasteiger partial charge in [-0.1, -0.05) is 166 Å². The molecule has 1 atom stereocenters. The van der Waals surface area contributed by atoms with Gasteiger partial charge in [0, 0.05) is 39.0 Å². The van der Waals surface area contributed by atoms with E-state index in [4.69, 9.17) is 4.74 Å². The SMILES string of the molecule is CC1(C)c2ccccc2-c2ccc(N(c3ccccc3)c3ccc(-c4ccc5c(c4)C4(c6ccccc6Oc6c4ccc4ccccc64)c4ccccc4-5)cc3)cc21. The predicted molar refractivity (Wildman–Crippen MR) is 239 cm³/mol. The van der Waals surface area contributed by atoms with E-state index in [1.165, 1.54) is 72.1 Å². The maximum absolute atomic E-state index is 6.88. The van der Waals surface area contributed by atoms with Crippen molar-refractivity contribution in [3.63, 3.8) is 0 Å². The molecule has 0 radical (unpaired) electrons. The number of hydrogen-bond acceptors (Lipinski definition) is 2. The van der Waals surface area contributed by atoms with Crippen LogP contribution in [0.5, 0.6) is 11.5 Å². The summed E-state index contributed by atoms with van der Waals surface area (Å²) in [5.74, 6) is 1.85. The summed E-state index contributed by atoms with van der Waals surface area (Å²) in [5.41, 5.74) is 18.0. The Morgan fingerprint density at radius 2 is 0.966 bits per heavy atom. The first-order valence-corrected chi connectivity index (χ1v) is 20.3. The van der Waals surface area contributed by atoms with Crippen molar-refractivity contribution in [2.24, 2.45) is 0 Å². The van der Waals surface area contributed by atoms with E-state index >= 15 is 0 Å². The average Bonchev–Trinajstić information content (AvgIpc) is 3.69. The number of ether oxygens (including phenoxy) is 1. The number of para-hydroxylation sites is 2. The number of benzene rings is 9. The molecule has 0 N–H and O–H groups in total. The summed E-state index contributed by atoms with van der Waals surface area (Å²) in [6.07, 6.45) is 0. The first-order valence-electron chi connectivity index (χ1n) is 20.3. The van der Waals surface area contributed by atoms with Crippen molar-refractivity contribution in [3.05, 3.63) is 234 Å². The Morgan fingerprint density at radius 1 is 0.379 bits per heavy atom. The van der Waals surface area contributed by atoms with Gasteiger partial charge in [-0.05, 0) is 110 Å². The summed E-state index contributed by atoms with van der Waals surface area (Å²) < 4.78 is 6.88. The Labute approximate surface area is 339 Å². The minimum Gasteiger partial charge on any atom is -0.456 e. The summed E-state index contributed by atoms with van der Waals surface area (Å²) in [4.78, 5) is 2.39. The summed E-state index contributed by atoms with van der Waals surface area (Å²) >= 11 is 0. The molecule has 12 rings (SSSR count). The first kappa shape index (κ1) is 33.0. The van der Waals surface area contributed by atoms with Crippen LogP contribution in [0.1, 0.15) is 47.2 Å². The molecule has 0 saturated carbocycles. The van der Waals surface area contributed by atoms with E-state index in [2.05, 4.69) is 219 Å². The molecule has 0 saturated heterocycles. The van der Waals surface area contributed by atoms with Gasteiger partial charge in [-0.15, -0.1) is 0 Å². The first-order chi connectivity index (χ1) is 28.5. The lowest BCUT2D eigenvalue weighted by molar-refractivity contribution is 0.442. The Bertz CT molecular complexity index is 3120. The number of nitrogens with zero attached hydrogens (tertiary/aromatic N) is 1. The molecule has 9 aromatic carbocycles. The second-order valence-corrected chi connectivity index (χ2v) is 16.4. The Balaban J connectivity index is 1.01. The minimum atomic E-state index is -0.540. The standard InChI is InChI=1S/C56H39NO/c1-55(2)47-20-10-8-18-43(47)45-32-30-41(35-51(45)55)57(39-15-4-3-5-16-39)40-28-24-36(25-29-40)38-26-31-46-44-19-9-11-21-48(44)56(52(46)34-38)49-22-12-13-23-53(49)58-54-42-17-7-6-14-37(42)27-33-50(54)56/h3-35H,1-2H3. The molecule has 0 fully saturated rings. The van der Waals surface area contributed by atoms with E-state index in [9.17, 15) is 0 Å². The smallest absolute Gasteiger partial charge is 0.140 e. The third-order valence-electron chi connectivity index (χ3n) is 13.1. The van der Waals surface area contributed by atoms with Crippen LogP contribution in [0.4, 0.5) is 17.1 Å². The fourth-order valence-electron chi connectivity index (χ4n) is 10.5. The number of anilines is 3. The van der Waals surface area contributed by atoms with E-state index in [1.807, 2.05) is 0 Å². The fourth-order valence-corrected chi connectivity index (χ4v) is 10.5. The molecule has 1 unspecified atom stereocenters. The Kier molecular flexibility index (Phi) is 6.93. The molecule has 0 aromatic heterocycles. The molecule has 1 spiro atoms. The maximum atomic E-state index is 6.88. The Morgan fingerprint density at radius 3 is 1.79 bits per heavy atom. The molecule has 2 heteroatoms. The molecule has 1 heterocycles. The van der Waals surface area contributed by atoms with Crippen LogP contribution in [0.2, 0.25) is 0 Å². The third kappa shape index (κ3) is 4.49. The second-order valence-electron chi connectivity index (χ2n) is 16.4. The summed E-state index contributed by atoms with van der Waals surface area (Å²) in [7, 11) is 0. The van der Waals surface area contributed by atoms with Crippen molar-refractivity contribution in [2.45, 2.75) is 24.7 Å². The van der Waals surface area contributed by atoms with E-state index in [-0.39, 0.29) is 5.41 Å². The van der Waals surface area contributed by atoms with Gasteiger partial charge in [0.25, 0.3) is 0 Å². The van der Waals surface area contributed by atoms with Gasteiger partial charge < -0.3 is 9.64 Å². The van der Waals surface area contributed by atoms with Crippen molar-refractivity contribution in [2.75, 3.05) is 4.90 Å². The average molecular weight is 742 g/mol. The monoisotopic (exact) mass is 741 g/mol. The molecule has 1 aliphatic heterocycles. The molecule has 3 aliphatic rings. The normalized spacial score (nSPS) is 16.1. The van der Waals surface area contributed by atoms with E-state index in [0.717, 1.165) is 33.9 Å². The zero-order chi connectivity index (χ0) is 38.6. The van der Waals surface area contributed by atoms with Crippen molar-refractivity contribution in [1.82, 2.24) is 0 Å². The van der Waals surface area contributed by atoms with Crippen molar-refractivity contribution < 1.29 is 4.74 Å². The van der Waals surface area contributed by atoms with Gasteiger partial charge in [-0.25, -0.2) is 0 Å². The largest absolute Gasteiger partial charge is 0.456 e. The molecular formula is C56H39NO. The van der Waals surface area contributed by atoms with Crippen LogP contribution in [-0.4, -0.2) is 0 Å². The van der Waals surface area contributed by atoms with E-state index in [1.54, 1.807) is 0 Å². The van der Waals surface area contributed by atoms with Crippen LogP contribution in [0, 0.1) is 0 Å². The highest BCUT2D eigenvalue weighted by Gasteiger charge is 2.51. The van der Waals surface area contributed by atoms with Gasteiger partial charge >= 0.3 is 0 Å². The van der Waals surface area contributed by atoms with Crippen molar-refractivity contribution in [1.29, 1.82) is 0 Å². The van der Waals surface area contributed by atoms with Crippen LogP contribution in [-0.2, 0) is 10.8 Å². The van der Waals surface area contributed by atoms with Crippen LogP contribution in [0.15, 0.2) is 200 Å². The van der Waals surface area contributed by atoms with Crippen molar-refractivity contribution >= 4 is 27.8 Å². The maximum Gasteiger partial charge on any atom is 0.140 e. The van der Waals surface area contributed by atoms with E-state index < -0.39 is 5.41 Å². The van der Waals surface area contributed by atoms with Crippen LogP contribution in [0.25, 0.3) is 44.2 Å². The molecule has 274 valence electrons. The lowest BCUT2D eigenvalue weighted by atomic mass is 9.65. The molecule has 2 nitrogen and oxygen atoms in total. The van der Waals surface area contributed by atoms with Gasteiger partial charge in [-0.2, -0.15) is 0 Å². The summed E-state index contributed by atoms with van der Waals surface area (Å²) in [6, 6.07) is 73.5. The third-order valence-corrected chi connectivity index (χ3v) is 13.1. The number of rotatable bonds is 4. The molecule has 9 aromatic rings. The molecule has 0 bridgehead atoms. The summed E-state index contributed by atoms with van der Waals surface area (Å²) in [6.45, 7) is 4.70. The zero-order valence-corrected chi connectivity index (χ0v) is 32.4. The highest BCUT2D eigenvalue weighted by molar-refractivity contribution is 5.96. The van der Waals surface area contributed by atoms with Gasteiger partial charge in [-0.3, -0.25) is 0 Å². The van der Waals surface area contributed by atoms with Crippen molar-refractivity contribution in [3.8, 4) is 44.9 Å². The predicted octanol–water partition coefficient (Wildman–Crippen LogP) is 14.8. The van der Waals surface area contributed by atoms with Gasteiger partial charge in [0.05, 0.1) is 5.41 Å². The van der Waals surface area contributed by atoms with E-state index in [0.29, 0.717) is 0 Å². The lowest BCUT2D eigenvalue weighted by Crippen LogP contribution is -2.32. The van der Waals surface area contributed by atoms with Gasteiger partial charge in [0.2, 0.25) is 0 Å². The summed E-state index contributed by atoms with van der Waals surface area (Å²) in [5, 5.41) is 2.31. The quantitative estimate of drug-likeness (QED) is 0.178. The van der Waals surface area contributed by atoms with Gasteiger partial charge in [0.15, 0.2) is 0 Å². The Hall–Kier alpha value is -7.16. The zero-order valence-electron chi connectivity index (χ0n) is 32.4.